The summed E-state index contributed by atoms with van der Waals surface area (Å²) in [5.74, 6) is -0.118. The van der Waals surface area contributed by atoms with Gasteiger partial charge < -0.3 is 10.1 Å². The Kier molecular flexibility index (Phi) is 1.74. The summed E-state index contributed by atoms with van der Waals surface area (Å²) in [5, 5.41) is 10.5. The van der Waals surface area contributed by atoms with Crippen molar-refractivity contribution in [3.63, 3.8) is 0 Å². The highest BCUT2D eigenvalue weighted by Crippen LogP contribution is 2.27. The van der Waals surface area contributed by atoms with Gasteiger partial charge in [-0.2, -0.15) is 0 Å². The molecule has 2 aromatic rings. The second-order valence-corrected chi connectivity index (χ2v) is 3.13. The smallest absolute Gasteiger partial charge is 0.200 e. The molecule has 0 fully saturated rings. The van der Waals surface area contributed by atoms with Crippen LogP contribution < -0.4 is 0 Å². The maximum Gasteiger partial charge on any atom is 0.200 e. The topological polar surface area (TPSA) is 53.1 Å². The van der Waals surface area contributed by atoms with Crippen LogP contribution in [0.15, 0.2) is 18.2 Å². The van der Waals surface area contributed by atoms with E-state index in [9.17, 15) is 9.90 Å². The van der Waals surface area contributed by atoms with E-state index in [4.69, 9.17) is 11.6 Å². The molecule has 0 amide bonds. The standard InChI is InChI=1S/C9H6ClNO2/c10-5-1-2-6-7(4-12)9(13)11-8(6)3-5/h1-4,11,13H. The molecule has 0 radical (unpaired) electrons. The predicted molar refractivity (Wildman–Crippen MR) is 50.4 cm³/mol. The molecular weight excluding hydrogens is 190 g/mol. The SMILES string of the molecule is O=Cc1c(O)[nH]c2cc(Cl)ccc12. The molecule has 0 spiro atoms. The molecule has 1 heterocycles. The minimum Gasteiger partial charge on any atom is -0.494 e. The molecule has 0 unspecified atom stereocenters. The minimum absolute atomic E-state index is 0.118. The average molecular weight is 196 g/mol. The van der Waals surface area contributed by atoms with E-state index in [2.05, 4.69) is 4.98 Å². The van der Waals surface area contributed by atoms with Crippen molar-refractivity contribution in [1.82, 2.24) is 4.98 Å². The lowest BCUT2D eigenvalue weighted by molar-refractivity contribution is 0.112. The van der Waals surface area contributed by atoms with Crippen LogP contribution >= 0.6 is 11.6 Å². The minimum atomic E-state index is -0.118. The van der Waals surface area contributed by atoms with Gasteiger partial charge in [0.05, 0.1) is 11.1 Å². The molecule has 2 N–H and O–H groups in total. The summed E-state index contributed by atoms with van der Waals surface area (Å²) in [6.45, 7) is 0. The van der Waals surface area contributed by atoms with Gasteiger partial charge in [0.15, 0.2) is 12.2 Å². The molecule has 2 rings (SSSR count). The Hall–Kier alpha value is -1.48. The molecule has 1 aromatic heterocycles. The van der Waals surface area contributed by atoms with Crippen molar-refractivity contribution in [2.45, 2.75) is 0 Å². The van der Waals surface area contributed by atoms with Gasteiger partial charge >= 0.3 is 0 Å². The highest BCUT2D eigenvalue weighted by Gasteiger charge is 2.09. The number of aromatic amines is 1. The third-order valence-electron chi connectivity index (χ3n) is 1.90. The average Bonchev–Trinajstić information content (AvgIpc) is 2.39. The van der Waals surface area contributed by atoms with Gasteiger partial charge in [-0.1, -0.05) is 17.7 Å². The number of hydrogen-bond donors (Lipinski definition) is 2. The van der Waals surface area contributed by atoms with Crippen LogP contribution in [0, 0.1) is 0 Å². The number of fused-ring (bicyclic) bond motifs is 1. The fourth-order valence-electron chi connectivity index (χ4n) is 1.30. The molecule has 0 saturated carbocycles. The number of hydrogen-bond acceptors (Lipinski definition) is 2. The summed E-state index contributed by atoms with van der Waals surface area (Å²) in [6.07, 6.45) is 0.613. The lowest BCUT2D eigenvalue weighted by Crippen LogP contribution is -1.75. The van der Waals surface area contributed by atoms with E-state index in [-0.39, 0.29) is 11.4 Å². The van der Waals surface area contributed by atoms with Crippen LogP contribution in [0.1, 0.15) is 10.4 Å². The Morgan fingerprint density at radius 2 is 2.23 bits per heavy atom. The molecule has 0 saturated heterocycles. The molecule has 66 valence electrons. The van der Waals surface area contributed by atoms with E-state index in [0.717, 1.165) is 0 Å². The van der Waals surface area contributed by atoms with Gasteiger partial charge in [0.2, 0.25) is 0 Å². The van der Waals surface area contributed by atoms with Crippen molar-refractivity contribution in [2.24, 2.45) is 0 Å². The van der Waals surface area contributed by atoms with Gasteiger partial charge in [-0.05, 0) is 12.1 Å². The van der Waals surface area contributed by atoms with Crippen LogP contribution in [-0.2, 0) is 0 Å². The first kappa shape index (κ1) is 8.13. The zero-order valence-electron chi connectivity index (χ0n) is 6.54. The summed E-state index contributed by atoms with van der Waals surface area (Å²) in [7, 11) is 0. The highest BCUT2D eigenvalue weighted by atomic mass is 35.5. The first-order valence-electron chi connectivity index (χ1n) is 3.68. The van der Waals surface area contributed by atoms with Crippen LogP contribution in [0.3, 0.4) is 0 Å². The molecule has 13 heavy (non-hydrogen) atoms. The molecule has 0 atom stereocenters. The van der Waals surface area contributed by atoms with Gasteiger partial charge in [-0.3, -0.25) is 4.79 Å². The molecular formula is C9H6ClNO2. The zero-order valence-corrected chi connectivity index (χ0v) is 7.30. The number of benzene rings is 1. The van der Waals surface area contributed by atoms with Crippen molar-refractivity contribution in [3.8, 4) is 5.88 Å². The van der Waals surface area contributed by atoms with Crippen LogP contribution in [0.25, 0.3) is 10.9 Å². The summed E-state index contributed by atoms with van der Waals surface area (Å²) in [5.41, 5.74) is 0.929. The lowest BCUT2D eigenvalue weighted by Gasteiger charge is -1.90. The molecule has 0 aliphatic rings. The largest absolute Gasteiger partial charge is 0.494 e. The number of halogens is 1. The number of carbonyl (C=O) groups excluding carboxylic acids is 1. The number of nitrogens with one attached hydrogen (secondary N) is 1. The molecule has 0 bridgehead atoms. The molecule has 3 nitrogen and oxygen atoms in total. The van der Waals surface area contributed by atoms with E-state index in [1.807, 2.05) is 0 Å². The normalized spacial score (nSPS) is 10.5. The van der Waals surface area contributed by atoms with Crippen LogP contribution in [0.2, 0.25) is 5.02 Å². The third-order valence-corrected chi connectivity index (χ3v) is 2.13. The fraction of sp³-hybridized carbons (Fsp3) is 0. The Labute approximate surface area is 78.9 Å². The lowest BCUT2D eigenvalue weighted by atomic mass is 10.2. The Morgan fingerprint density at radius 1 is 1.46 bits per heavy atom. The monoisotopic (exact) mass is 195 g/mol. The maximum absolute atomic E-state index is 10.6. The van der Waals surface area contributed by atoms with Gasteiger partial charge in [-0.25, -0.2) is 0 Å². The third kappa shape index (κ3) is 1.17. The van der Waals surface area contributed by atoms with E-state index in [1.54, 1.807) is 18.2 Å². The van der Waals surface area contributed by atoms with Gasteiger partial charge in [0.25, 0.3) is 0 Å². The Morgan fingerprint density at radius 3 is 2.92 bits per heavy atom. The predicted octanol–water partition coefficient (Wildman–Crippen LogP) is 2.34. The van der Waals surface area contributed by atoms with Crippen molar-refractivity contribution < 1.29 is 9.90 Å². The molecule has 4 heteroatoms. The Bertz CT molecular complexity index is 476. The quantitative estimate of drug-likeness (QED) is 0.687. The van der Waals surface area contributed by atoms with Gasteiger partial charge in [0, 0.05) is 10.4 Å². The van der Waals surface area contributed by atoms with E-state index in [1.165, 1.54) is 0 Å². The van der Waals surface area contributed by atoms with Crippen LogP contribution in [-0.4, -0.2) is 16.4 Å². The van der Waals surface area contributed by atoms with E-state index >= 15 is 0 Å². The van der Waals surface area contributed by atoms with Crippen molar-refractivity contribution in [1.29, 1.82) is 0 Å². The number of aromatic nitrogens is 1. The fourth-order valence-corrected chi connectivity index (χ4v) is 1.47. The second kappa shape index (κ2) is 2.78. The van der Waals surface area contributed by atoms with Crippen molar-refractivity contribution in [2.75, 3.05) is 0 Å². The van der Waals surface area contributed by atoms with E-state index < -0.39 is 0 Å². The second-order valence-electron chi connectivity index (χ2n) is 2.70. The number of aromatic hydroxyl groups is 1. The van der Waals surface area contributed by atoms with Gasteiger partial charge in [0.1, 0.15) is 0 Å². The zero-order chi connectivity index (χ0) is 9.42. The molecule has 0 aliphatic heterocycles. The molecule has 0 aliphatic carbocycles. The van der Waals surface area contributed by atoms with Gasteiger partial charge in [-0.15, -0.1) is 0 Å². The maximum atomic E-state index is 10.6. The van der Waals surface area contributed by atoms with Crippen molar-refractivity contribution >= 4 is 28.8 Å². The first-order chi connectivity index (χ1) is 6.22. The van der Waals surface area contributed by atoms with Crippen molar-refractivity contribution in [3.05, 3.63) is 28.8 Å². The number of rotatable bonds is 1. The van der Waals surface area contributed by atoms with Crippen LogP contribution in [0.5, 0.6) is 5.88 Å². The van der Waals surface area contributed by atoms with Crippen LogP contribution in [0.4, 0.5) is 0 Å². The number of aldehydes is 1. The summed E-state index contributed by atoms with van der Waals surface area (Å²) in [6, 6.07) is 5.02. The first-order valence-corrected chi connectivity index (χ1v) is 4.05. The number of H-pyrrole nitrogens is 1. The highest BCUT2D eigenvalue weighted by molar-refractivity contribution is 6.31. The summed E-state index contributed by atoms with van der Waals surface area (Å²) in [4.78, 5) is 13.2. The van der Waals surface area contributed by atoms with E-state index in [0.29, 0.717) is 22.2 Å². The number of carbonyl (C=O) groups is 1. The Balaban J connectivity index is 2.86. The summed E-state index contributed by atoms with van der Waals surface area (Å²) >= 11 is 5.73. The summed E-state index contributed by atoms with van der Waals surface area (Å²) < 4.78 is 0. The molecule has 1 aromatic carbocycles.